The summed E-state index contributed by atoms with van der Waals surface area (Å²) >= 11 is 1.57. The van der Waals surface area contributed by atoms with Gasteiger partial charge < -0.3 is 9.80 Å². The van der Waals surface area contributed by atoms with Gasteiger partial charge in [-0.25, -0.2) is 0 Å². The van der Waals surface area contributed by atoms with Crippen LogP contribution in [0.4, 0.5) is 5.69 Å². The van der Waals surface area contributed by atoms with Crippen molar-refractivity contribution < 1.29 is 0 Å². The molecule has 0 unspecified atom stereocenters. The molecule has 0 saturated heterocycles. The van der Waals surface area contributed by atoms with E-state index in [1.807, 2.05) is 86.7 Å². The average molecular weight is 312 g/mol. The summed E-state index contributed by atoms with van der Waals surface area (Å²) in [5.41, 5.74) is 2.60. The Morgan fingerprint density at radius 2 is 1.68 bits per heavy atom. The van der Waals surface area contributed by atoms with E-state index in [2.05, 4.69) is 0 Å². The van der Waals surface area contributed by atoms with E-state index < -0.39 is 0 Å². The fourth-order valence-electron chi connectivity index (χ4n) is 2.02. The SMILES string of the molecule is CSC(=CC(=C(C#N)C#N)c1ccccc1N(C)C)N(C)C. The van der Waals surface area contributed by atoms with Gasteiger partial charge >= 0.3 is 0 Å². The van der Waals surface area contributed by atoms with Crippen molar-refractivity contribution in [3.63, 3.8) is 0 Å². The molecule has 22 heavy (non-hydrogen) atoms. The van der Waals surface area contributed by atoms with Crippen molar-refractivity contribution in [3.05, 3.63) is 46.5 Å². The second-order valence-corrected chi connectivity index (χ2v) is 5.83. The van der Waals surface area contributed by atoms with E-state index in [0.717, 1.165) is 16.3 Å². The van der Waals surface area contributed by atoms with Gasteiger partial charge in [0.05, 0.1) is 5.03 Å². The zero-order valence-electron chi connectivity index (χ0n) is 13.6. The highest BCUT2D eigenvalue weighted by Crippen LogP contribution is 2.31. The van der Waals surface area contributed by atoms with Crippen LogP contribution in [0.1, 0.15) is 5.56 Å². The number of thioether (sulfide) groups is 1. The summed E-state index contributed by atoms with van der Waals surface area (Å²) < 4.78 is 0. The third kappa shape index (κ3) is 4.07. The molecular formula is C17H20N4S. The predicted molar refractivity (Wildman–Crippen MR) is 94.2 cm³/mol. The van der Waals surface area contributed by atoms with Gasteiger partial charge in [0.1, 0.15) is 17.7 Å². The minimum absolute atomic E-state index is 0.114. The van der Waals surface area contributed by atoms with E-state index in [4.69, 9.17) is 0 Å². The molecule has 5 heteroatoms. The van der Waals surface area contributed by atoms with E-state index in [1.54, 1.807) is 11.8 Å². The molecule has 0 aliphatic heterocycles. The molecule has 0 spiro atoms. The van der Waals surface area contributed by atoms with Gasteiger partial charge in [0, 0.05) is 45.0 Å². The van der Waals surface area contributed by atoms with Gasteiger partial charge in [0.2, 0.25) is 0 Å². The number of allylic oxidation sites excluding steroid dienone is 3. The highest BCUT2D eigenvalue weighted by molar-refractivity contribution is 8.02. The predicted octanol–water partition coefficient (Wildman–Crippen LogP) is 3.32. The summed E-state index contributed by atoms with van der Waals surface area (Å²) in [6, 6.07) is 11.8. The van der Waals surface area contributed by atoms with E-state index >= 15 is 0 Å². The number of rotatable bonds is 5. The largest absolute Gasteiger partial charge is 0.377 e. The Balaban J connectivity index is 3.67. The van der Waals surface area contributed by atoms with Crippen molar-refractivity contribution in [2.75, 3.05) is 39.3 Å². The molecule has 1 rings (SSSR count). The van der Waals surface area contributed by atoms with Crippen LogP contribution in [0.3, 0.4) is 0 Å². The lowest BCUT2D eigenvalue weighted by atomic mass is 9.98. The third-order valence-corrected chi connectivity index (χ3v) is 3.99. The molecule has 1 aromatic rings. The monoisotopic (exact) mass is 312 g/mol. The van der Waals surface area contributed by atoms with Crippen LogP contribution in [-0.2, 0) is 0 Å². The van der Waals surface area contributed by atoms with Crippen molar-refractivity contribution in [2.24, 2.45) is 0 Å². The maximum absolute atomic E-state index is 9.32. The molecule has 0 saturated carbocycles. The highest BCUT2D eigenvalue weighted by Gasteiger charge is 2.14. The van der Waals surface area contributed by atoms with Crippen molar-refractivity contribution in [1.29, 1.82) is 10.5 Å². The summed E-state index contributed by atoms with van der Waals surface area (Å²) in [7, 11) is 7.77. The van der Waals surface area contributed by atoms with Crippen molar-refractivity contribution >= 4 is 23.0 Å². The Morgan fingerprint density at radius 1 is 1.09 bits per heavy atom. The first-order chi connectivity index (χ1) is 10.5. The van der Waals surface area contributed by atoms with Crippen molar-refractivity contribution in [2.45, 2.75) is 0 Å². The lowest BCUT2D eigenvalue weighted by molar-refractivity contribution is 0.551. The van der Waals surface area contributed by atoms with Crippen LogP contribution in [0.2, 0.25) is 0 Å². The first-order valence-electron chi connectivity index (χ1n) is 6.70. The molecule has 4 nitrogen and oxygen atoms in total. The smallest absolute Gasteiger partial charge is 0.137 e. The maximum atomic E-state index is 9.32. The summed E-state index contributed by atoms with van der Waals surface area (Å²) in [4.78, 5) is 3.94. The number of hydrogen-bond donors (Lipinski definition) is 0. The Labute approximate surface area is 136 Å². The molecule has 0 bridgehead atoms. The molecular weight excluding hydrogens is 292 g/mol. The van der Waals surface area contributed by atoms with E-state index in [0.29, 0.717) is 5.57 Å². The van der Waals surface area contributed by atoms with Gasteiger partial charge in [0.25, 0.3) is 0 Å². The van der Waals surface area contributed by atoms with Crippen LogP contribution in [0.15, 0.2) is 40.9 Å². The summed E-state index contributed by atoms with van der Waals surface area (Å²) in [5, 5.41) is 19.6. The summed E-state index contributed by atoms with van der Waals surface area (Å²) in [5.74, 6) is 0. The quantitative estimate of drug-likeness (QED) is 0.616. The number of nitrogens with zero attached hydrogens (tertiary/aromatic N) is 4. The van der Waals surface area contributed by atoms with Gasteiger partial charge in [-0.2, -0.15) is 10.5 Å². The van der Waals surface area contributed by atoms with Crippen LogP contribution < -0.4 is 4.90 Å². The standard InChI is InChI=1S/C17H20N4S/c1-20(2)16-9-7-6-8-14(16)15(13(11-18)12-19)10-17(22-5)21(3)4/h6-10H,1-5H3. The first-order valence-corrected chi connectivity index (χ1v) is 7.93. The van der Waals surface area contributed by atoms with Crippen LogP contribution in [0.5, 0.6) is 0 Å². The number of nitriles is 2. The minimum Gasteiger partial charge on any atom is -0.377 e. The van der Waals surface area contributed by atoms with Gasteiger partial charge in [-0.05, 0) is 18.4 Å². The molecule has 0 atom stereocenters. The van der Waals surface area contributed by atoms with Crippen LogP contribution in [0, 0.1) is 22.7 Å². The number of para-hydroxylation sites is 1. The van der Waals surface area contributed by atoms with Crippen LogP contribution in [0.25, 0.3) is 5.57 Å². The normalized spacial score (nSPS) is 10.4. The molecule has 0 amide bonds. The molecule has 0 heterocycles. The fraction of sp³-hybridized carbons (Fsp3) is 0.294. The number of anilines is 1. The lowest BCUT2D eigenvalue weighted by Crippen LogP contribution is -2.12. The third-order valence-electron chi connectivity index (χ3n) is 3.09. The lowest BCUT2D eigenvalue weighted by Gasteiger charge is -2.20. The zero-order chi connectivity index (χ0) is 16.7. The summed E-state index contributed by atoms with van der Waals surface area (Å²) in [6.45, 7) is 0. The zero-order valence-corrected chi connectivity index (χ0v) is 14.4. The fourth-order valence-corrected chi connectivity index (χ4v) is 2.62. The molecule has 0 aromatic heterocycles. The Hall–Kier alpha value is -2.37. The van der Waals surface area contributed by atoms with E-state index in [-0.39, 0.29) is 5.57 Å². The van der Waals surface area contributed by atoms with Gasteiger partial charge in [-0.3, -0.25) is 0 Å². The Bertz CT molecular complexity index is 657. The highest BCUT2D eigenvalue weighted by atomic mass is 32.2. The molecule has 0 N–H and O–H groups in total. The van der Waals surface area contributed by atoms with Gasteiger partial charge in [-0.15, -0.1) is 11.8 Å². The number of hydrogen-bond acceptors (Lipinski definition) is 5. The van der Waals surface area contributed by atoms with Gasteiger partial charge in [0.15, 0.2) is 0 Å². The summed E-state index contributed by atoms with van der Waals surface area (Å²) in [6.07, 6.45) is 3.87. The van der Waals surface area contributed by atoms with E-state index in [1.165, 1.54) is 0 Å². The second-order valence-electron chi connectivity index (χ2n) is 5.00. The van der Waals surface area contributed by atoms with Crippen molar-refractivity contribution in [3.8, 4) is 12.1 Å². The molecule has 1 aromatic carbocycles. The molecule has 0 aliphatic carbocycles. The molecule has 0 aliphatic rings. The van der Waals surface area contributed by atoms with Crippen LogP contribution in [-0.4, -0.2) is 39.3 Å². The second kappa shape index (κ2) is 8.17. The molecule has 114 valence electrons. The maximum Gasteiger partial charge on any atom is 0.137 e. The molecule has 0 fully saturated rings. The van der Waals surface area contributed by atoms with Crippen LogP contribution >= 0.6 is 11.8 Å². The topological polar surface area (TPSA) is 54.1 Å². The molecule has 0 radical (unpaired) electrons. The average Bonchev–Trinajstić information content (AvgIpc) is 2.51. The Kier molecular flexibility index (Phi) is 6.56. The van der Waals surface area contributed by atoms with Gasteiger partial charge in [-0.1, -0.05) is 18.2 Å². The van der Waals surface area contributed by atoms with E-state index in [9.17, 15) is 10.5 Å². The number of benzene rings is 1. The minimum atomic E-state index is 0.114. The first kappa shape index (κ1) is 17.7. The van der Waals surface area contributed by atoms with Crippen molar-refractivity contribution in [1.82, 2.24) is 4.90 Å². The Morgan fingerprint density at radius 3 is 2.14 bits per heavy atom.